The van der Waals surface area contributed by atoms with E-state index in [-0.39, 0.29) is 17.7 Å². The van der Waals surface area contributed by atoms with Crippen molar-refractivity contribution < 1.29 is 9.18 Å². The zero-order valence-electron chi connectivity index (χ0n) is 14.8. The number of aromatic nitrogens is 1. The molecule has 0 radical (unpaired) electrons. The lowest BCUT2D eigenvalue weighted by Crippen LogP contribution is -2.28. The van der Waals surface area contributed by atoms with Crippen LogP contribution < -0.4 is 10.9 Å². The molecule has 1 heterocycles. The third kappa shape index (κ3) is 3.82. The average Bonchev–Trinajstić information content (AvgIpc) is 2.62. The van der Waals surface area contributed by atoms with Crippen LogP contribution in [0.4, 0.5) is 4.39 Å². The Morgan fingerprint density at radius 1 is 1.15 bits per heavy atom. The minimum absolute atomic E-state index is 0.00139. The first-order valence-corrected chi connectivity index (χ1v) is 8.64. The van der Waals surface area contributed by atoms with Crippen LogP contribution in [0, 0.1) is 5.82 Å². The summed E-state index contributed by atoms with van der Waals surface area (Å²) < 4.78 is 13.6. The quantitative estimate of drug-likeness (QED) is 0.734. The Labute approximate surface area is 151 Å². The monoisotopic (exact) mass is 352 g/mol. The van der Waals surface area contributed by atoms with Gasteiger partial charge in [0.1, 0.15) is 5.82 Å². The second kappa shape index (κ2) is 7.52. The summed E-state index contributed by atoms with van der Waals surface area (Å²) in [5.74, 6) is -0.646. The van der Waals surface area contributed by atoms with Gasteiger partial charge in [0, 0.05) is 17.6 Å². The number of hydrogen-bond donors (Lipinski definition) is 2. The first-order chi connectivity index (χ1) is 12.5. The molecule has 0 unspecified atom stereocenters. The molecule has 0 aliphatic rings. The molecule has 0 bridgehead atoms. The molecule has 0 saturated heterocycles. The number of carbonyl (C=O) groups is 1. The van der Waals surface area contributed by atoms with Crippen molar-refractivity contribution in [2.24, 2.45) is 0 Å². The van der Waals surface area contributed by atoms with Gasteiger partial charge < -0.3 is 10.3 Å². The molecule has 4 nitrogen and oxygen atoms in total. The molecule has 134 valence electrons. The predicted molar refractivity (Wildman–Crippen MR) is 101 cm³/mol. The molecule has 0 saturated carbocycles. The number of hydrogen-bond acceptors (Lipinski definition) is 2. The maximum atomic E-state index is 13.6. The van der Waals surface area contributed by atoms with Crippen LogP contribution in [0.25, 0.3) is 10.9 Å². The minimum Gasteiger partial charge on any atom is -0.352 e. The summed E-state index contributed by atoms with van der Waals surface area (Å²) in [4.78, 5) is 27.1. The Morgan fingerprint density at radius 3 is 2.65 bits per heavy atom. The van der Waals surface area contributed by atoms with Crippen molar-refractivity contribution in [1.29, 1.82) is 0 Å². The number of carbonyl (C=O) groups excluding carboxylic acids is 1. The molecule has 0 fully saturated rings. The van der Waals surface area contributed by atoms with Gasteiger partial charge in [-0.25, -0.2) is 4.39 Å². The molecule has 0 aliphatic heterocycles. The summed E-state index contributed by atoms with van der Waals surface area (Å²) in [6.45, 7) is 4.49. The van der Waals surface area contributed by atoms with E-state index in [0.717, 1.165) is 10.9 Å². The van der Waals surface area contributed by atoms with Gasteiger partial charge in [-0.2, -0.15) is 0 Å². The summed E-state index contributed by atoms with van der Waals surface area (Å²) in [7, 11) is 0. The highest BCUT2D eigenvalue weighted by atomic mass is 19.1. The summed E-state index contributed by atoms with van der Waals surface area (Å²) in [5.41, 5.74) is 2.41. The van der Waals surface area contributed by atoms with Gasteiger partial charge in [-0.15, -0.1) is 0 Å². The van der Waals surface area contributed by atoms with Crippen molar-refractivity contribution in [2.45, 2.75) is 26.2 Å². The first-order valence-electron chi connectivity index (χ1n) is 8.64. The van der Waals surface area contributed by atoms with Crippen LogP contribution in [-0.4, -0.2) is 17.4 Å². The van der Waals surface area contributed by atoms with E-state index in [4.69, 9.17) is 0 Å². The van der Waals surface area contributed by atoms with Crippen molar-refractivity contribution in [3.8, 4) is 0 Å². The van der Waals surface area contributed by atoms with Crippen LogP contribution in [0.2, 0.25) is 0 Å². The molecular weight excluding hydrogens is 331 g/mol. The van der Waals surface area contributed by atoms with Crippen LogP contribution in [0.5, 0.6) is 0 Å². The predicted octanol–water partition coefficient (Wildman–Crippen LogP) is 3.76. The van der Waals surface area contributed by atoms with Crippen LogP contribution >= 0.6 is 0 Å². The summed E-state index contributed by atoms with van der Waals surface area (Å²) in [5, 5.41) is 3.63. The van der Waals surface area contributed by atoms with Crippen LogP contribution in [0.15, 0.2) is 53.3 Å². The Kier molecular flexibility index (Phi) is 5.16. The third-order valence-electron chi connectivity index (χ3n) is 4.41. The van der Waals surface area contributed by atoms with Gasteiger partial charge in [0.05, 0.1) is 5.56 Å². The largest absolute Gasteiger partial charge is 0.352 e. The van der Waals surface area contributed by atoms with Gasteiger partial charge in [0.15, 0.2) is 0 Å². The van der Waals surface area contributed by atoms with Crippen LogP contribution in [-0.2, 0) is 6.42 Å². The Morgan fingerprint density at radius 2 is 1.92 bits per heavy atom. The standard InChI is InChI=1S/C21H21FN2O2/c1-13(2)14-7-8-19-16(11-14)12-15(20(25)24-19)9-10-23-21(26)17-5-3-4-6-18(17)22/h3-8,11-13H,9-10H2,1-2H3,(H,23,26)(H,24,25). The van der Waals surface area contributed by atoms with Gasteiger partial charge >= 0.3 is 0 Å². The molecular formula is C21H21FN2O2. The number of amides is 1. The smallest absolute Gasteiger partial charge is 0.254 e. The third-order valence-corrected chi connectivity index (χ3v) is 4.41. The van der Waals surface area contributed by atoms with Gasteiger partial charge in [-0.1, -0.05) is 32.0 Å². The van der Waals surface area contributed by atoms with E-state index in [9.17, 15) is 14.0 Å². The number of rotatable bonds is 5. The summed E-state index contributed by atoms with van der Waals surface area (Å²) in [6.07, 6.45) is 0.372. The van der Waals surface area contributed by atoms with Crippen molar-refractivity contribution >= 4 is 16.8 Å². The van der Waals surface area contributed by atoms with Gasteiger partial charge in [0.2, 0.25) is 0 Å². The fourth-order valence-corrected chi connectivity index (χ4v) is 2.87. The van der Waals surface area contributed by atoms with E-state index in [1.807, 2.05) is 18.2 Å². The lowest BCUT2D eigenvalue weighted by Gasteiger charge is -2.09. The van der Waals surface area contributed by atoms with Gasteiger partial charge in [-0.3, -0.25) is 9.59 Å². The number of pyridine rings is 1. The highest BCUT2D eigenvalue weighted by Gasteiger charge is 2.11. The number of halogens is 1. The molecule has 0 aliphatic carbocycles. The average molecular weight is 352 g/mol. The molecule has 3 rings (SSSR count). The van der Waals surface area contributed by atoms with E-state index in [1.54, 1.807) is 6.07 Å². The number of nitrogens with one attached hydrogen (secondary N) is 2. The molecule has 26 heavy (non-hydrogen) atoms. The maximum absolute atomic E-state index is 13.6. The molecule has 2 N–H and O–H groups in total. The number of aromatic amines is 1. The van der Waals surface area contributed by atoms with E-state index in [0.29, 0.717) is 17.9 Å². The highest BCUT2D eigenvalue weighted by molar-refractivity contribution is 5.94. The van der Waals surface area contributed by atoms with Crippen molar-refractivity contribution in [3.63, 3.8) is 0 Å². The molecule has 1 aromatic heterocycles. The lowest BCUT2D eigenvalue weighted by atomic mass is 10.0. The molecule has 1 amide bonds. The molecule has 3 aromatic rings. The molecule has 0 atom stereocenters. The van der Waals surface area contributed by atoms with Gasteiger partial charge in [0.25, 0.3) is 11.5 Å². The van der Waals surface area contributed by atoms with Crippen molar-refractivity contribution in [2.75, 3.05) is 6.54 Å². The SMILES string of the molecule is CC(C)c1ccc2[nH]c(=O)c(CCNC(=O)c3ccccc3F)cc2c1. The van der Waals surface area contributed by atoms with Crippen molar-refractivity contribution in [1.82, 2.24) is 10.3 Å². The number of fused-ring (bicyclic) bond motifs is 1. The van der Waals surface area contributed by atoms with Gasteiger partial charge in [-0.05, 0) is 53.6 Å². The minimum atomic E-state index is -0.560. The number of benzene rings is 2. The second-order valence-corrected chi connectivity index (χ2v) is 6.61. The number of H-pyrrole nitrogens is 1. The van der Waals surface area contributed by atoms with E-state index in [2.05, 4.69) is 30.2 Å². The fourth-order valence-electron chi connectivity index (χ4n) is 2.87. The lowest BCUT2D eigenvalue weighted by molar-refractivity contribution is 0.0950. The Hall–Kier alpha value is -2.95. The molecule has 5 heteroatoms. The fraction of sp³-hybridized carbons (Fsp3) is 0.238. The summed E-state index contributed by atoms with van der Waals surface area (Å²) >= 11 is 0. The maximum Gasteiger partial charge on any atom is 0.254 e. The van der Waals surface area contributed by atoms with Crippen LogP contribution in [0.1, 0.15) is 41.3 Å². The van der Waals surface area contributed by atoms with E-state index < -0.39 is 11.7 Å². The zero-order chi connectivity index (χ0) is 18.7. The normalized spacial score (nSPS) is 11.1. The summed E-state index contributed by atoms with van der Waals surface area (Å²) in [6, 6.07) is 13.7. The topological polar surface area (TPSA) is 62.0 Å². The molecule has 0 spiro atoms. The Balaban J connectivity index is 1.74. The zero-order valence-corrected chi connectivity index (χ0v) is 14.8. The van der Waals surface area contributed by atoms with Crippen LogP contribution in [0.3, 0.4) is 0 Å². The highest BCUT2D eigenvalue weighted by Crippen LogP contribution is 2.20. The van der Waals surface area contributed by atoms with E-state index >= 15 is 0 Å². The van der Waals surface area contributed by atoms with E-state index in [1.165, 1.54) is 23.8 Å². The first kappa shape index (κ1) is 17.9. The van der Waals surface area contributed by atoms with Crippen molar-refractivity contribution in [3.05, 3.63) is 81.4 Å². The Bertz CT molecular complexity index is 1010. The molecule has 2 aromatic carbocycles. The second-order valence-electron chi connectivity index (χ2n) is 6.61.